The lowest BCUT2D eigenvalue weighted by atomic mass is 9.94. The van der Waals surface area contributed by atoms with E-state index >= 15 is 0 Å². The molecule has 0 spiro atoms. The second-order valence-corrected chi connectivity index (χ2v) is 4.51. The van der Waals surface area contributed by atoms with Crippen molar-refractivity contribution in [3.8, 4) is 0 Å². The Hall–Kier alpha value is -1.43. The monoisotopic (exact) mass is 261 g/mol. The zero-order chi connectivity index (χ0) is 13.6. The number of Topliss-reactive ketones (excluding diaryl/α,β-unsaturated/α-hetero) is 1. The van der Waals surface area contributed by atoms with Gasteiger partial charge in [-0.15, -0.1) is 0 Å². The Morgan fingerprint density at radius 2 is 1.94 bits per heavy atom. The number of nitrogens with two attached hydrogens (primary N) is 1. The summed E-state index contributed by atoms with van der Waals surface area (Å²) in [6.45, 7) is 0.133. The third kappa shape index (κ3) is 2.12. The minimum atomic E-state index is -4.75. The van der Waals surface area contributed by atoms with Gasteiger partial charge in [-0.3, -0.25) is 4.79 Å². The maximum Gasteiger partial charge on any atom is 0.419 e. The van der Waals surface area contributed by atoms with Crippen LogP contribution in [0.15, 0.2) is 18.2 Å². The van der Waals surface area contributed by atoms with Gasteiger partial charge in [-0.2, -0.15) is 13.2 Å². The van der Waals surface area contributed by atoms with E-state index in [2.05, 4.69) is 0 Å². The van der Waals surface area contributed by atoms with Crippen LogP contribution in [0.3, 0.4) is 0 Å². The van der Waals surface area contributed by atoms with Crippen molar-refractivity contribution in [2.45, 2.75) is 19.0 Å². The summed E-state index contributed by atoms with van der Waals surface area (Å²) >= 11 is 0. The first-order valence-electron chi connectivity index (χ1n) is 5.42. The van der Waals surface area contributed by atoms with Gasteiger partial charge in [0.15, 0.2) is 5.78 Å². The lowest BCUT2D eigenvalue weighted by Crippen LogP contribution is -2.25. The number of carbonyl (C=O) groups excluding carboxylic acids is 1. The van der Waals surface area contributed by atoms with Crippen LogP contribution in [-0.4, -0.2) is 12.3 Å². The van der Waals surface area contributed by atoms with Crippen LogP contribution in [0.5, 0.6) is 0 Å². The van der Waals surface area contributed by atoms with E-state index in [1.165, 1.54) is 0 Å². The molecule has 1 aliphatic rings. The second-order valence-electron chi connectivity index (χ2n) is 4.51. The second kappa shape index (κ2) is 4.05. The Balaban J connectivity index is 2.33. The maximum absolute atomic E-state index is 13.3. The van der Waals surface area contributed by atoms with Gasteiger partial charge in [0.05, 0.1) is 5.56 Å². The minimum Gasteiger partial charge on any atom is -0.329 e. The van der Waals surface area contributed by atoms with Gasteiger partial charge in [-0.25, -0.2) is 4.39 Å². The minimum absolute atomic E-state index is 0.0524. The molecule has 18 heavy (non-hydrogen) atoms. The fraction of sp³-hybridized carbons (Fsp3) is 0.417. The standard InChI is InChI=1S/C12H11F4NO/c13-9-5-7(1-2-8(9)12(14,15)16)10(18)11(6-17)3-4-11/h1-2,5H,3-4,6,17H2. The van der Waals surface area contributed by atoms with Gasteiger partial charge in [-0.05, 0) is 25.0 Å². The summed E-state index contributed by atoms with van der Waals surface area (Å²) in [7, 11) is 0. The van der Waals surface area contributed by atoms with Crippen molar-refractivity contribution < 1.29 is 22.4 Å². The van der Waals surface area contributed by atoms with Crippen molar-refractivity contribution in [3.63, 3.8) is 0 Å². The fourth-order valence-corrected chi connectivity index (χ4v) is 1.87. The molecule has 0 saturated heterocycles. The van der Waals surface area contributed by atoms with Crippen LogP contribution in [0.2, 0.25) is 0 Å². The molecule has 6 heteroatoms. The van der Waals surface area contributed by atoms with Gasteiger partial charge >= 0.3 is 6.18 Å². The summed E-state index contributed by atoms with van der Waals surface area (Å²) in [5, 5.41) is 0. The first-order valence-corrected chi connectivity index (χ1v) is 5.42. The highest BCUT2D eigenvalue weighted by molar-refractivity contribution is 6.02. The van der Waals surface area contributed by atoms with Crippen molar-refractivity contribution in [2.75, 3.05) is 6.54 Å². The van der Waals surface area contributed by atoms with Crippen molar-refractivity contribution in [3.05, 3.63) is 35.1 Å². The van der Waals surface area contributed by atoms with Crippen LogP contribution in [0.25, 0.3) is 0 Å². The number of rotatable bonds is 3. The highest BCUT2D eigenvalue weighted by Gasteiger charge is 2.48. The van der Waals surface area contributed by atoms with E-state index in [0.29, 0.717) is 25.0 Å². The first kappa shape index (κ1) is 13.0. The Morgan fingerprint density at radius 3 is 2.33 bits per heavy atom. The third-order valence-corrected chi connectivity index (χ3v) is 3.26. The van der Waals surface area contributed by atoms with Crippen molar-refractivity contribution >= 4 is 5.78 Å². The van der Waals surface area contributed by atoms with Crippen molar-refractivity contribution in [1.82, 2.24) is 0 Å². The number of benzene rings is 1. The molecule has 0 amide bonds. The average molecular weight is 261 g/mol. The van der Waals surface area contributed by atoms with Crippen LogP contribution < -0.4 is 5.73 Å². The molecule has 0 aromatic heterocycles. The van der Waals surface area contributed by atoms with Crippen molar-refractivity contribution in [1.29, 1.82) is 0 Å². The molecule has 1 aliphatic carbocycles. The van der Waals surface area contributed by atoms with E-state index in [1.807, 2.05) is 0 Å². The first-order chi connectivity index (χ1) is 8.30. The van der Waals surface area contributed by atoms with E-state index in [-0.39, 0.29) is 17.9 Å². The Morgan fingerprint density at radius 1 is 1.33 bits per heavy atom. The molecule has 0 heterocycles. The summed E-state index contributed by atoms with van der Waals surface area (Å²) in [4.78, 5) is 11.9. The SMILES string of the molecule is NCC1(C(=O)c2ccc(C(F)(F)F)c(F)c2)CC1. The Labute approximate surface area is 101 Å². The maximum atomic E-state index is 13.3. The van der Waals surface area contributed by atoms with E-state index in [0.717, 1.165) is 6.07 Å². The number of ketones is 1. The molecule has 2 rings (SSSR count). The quantitative estimate of drug-likeness (QED) is 0.671. The molecule has 98 valence electrons. The number of carbonyl (C=O) groups is 1. The Bertz CT molecular complexity index is 491. The average Bonchev–Trinajstić information content (AvgIpc) is 3.07. The molecule has 2 N–H and O–H groups in total. The van der Waals surface area contributed by atoms with Gasteiger partial charge in [0.1, 0.15) is 5.82 Å². The molecule has 1 aromatic rings. The van der Waals surface area contributed by atoms with Gasteiger partial charge in [0.25, 0.3) is 0 Å². The van der Waals surface area contributed by atoms with Crippen molar-refractivity contribution in [2.24, 2.45) is 11.1 Å². The van der Waals surface area contributed by atoms with Crippen LogP contribution in [-0.2, 0) is 6.18 Å². The number of halogens is 4. The summed E-state index contributed by atoms with van der Waals surface area (Å²) in [5.41, 5.74) is 3.34. The summed E-state index contributed by atoms with van der Waals surface area (Å²) < 4.78 is 50.4. The number of hydrogen-bond acceptors (Lipinski definition) is 2. The molecule has 1 saturated carbocycles. The van der Waals surface area contributed by atoms with Gasteiger partial charge in [-0.1, -0.05) is 6.07 Å². The molecule has 1 aromatic carbocycles. The summed E-state index contributed by atoms with van der Waals surface area (Å²) in [6, 6.07) is 2.24. The zero-order valence-electron chi connectivity index (χ0n) is 9.35. The van der Waals surface area contributed by atoms with Crippen LogP contribution in [0, 0.1) is 11.2 Å². The van der Waals surface area contributed by atoms with E-state index in [9.17, 15) is 22.4 Å². The predicted octanol–water partition coefficient (Wildman–Crippen LogP) is 2.77. The Kier molecular flexibility index (Phi) is 2.93. The van der Waals surface area contributed by atoms with Gasteiger partial charge in [0, 0.05) is 17.5 Å². The highest BCUT2D eigenvalue weighted by atomic mass is 19.4. The molecular weight excluding hydrogens is 250 g/mol. The van der Waals surface area contributed by atoms with Crippen LogP contribution in [0.4, 0.5) is 17.6 Å². The molecular formula is C12H11F4NO. The molecule has 0 radical (unpaired) electrons. The smallest absolute Gasteiger partial charge is 0.329 e. The largest absolute Gasteiger partial charge is 0.419 e. The predicted molar refractivity (Wildman–Crippen MR) is 56.5 cm³/mol. The third-order valence-electron chi connectivity index (χ3n) is 3.26. The van der Waals surface area contributed by atoms with E-state index in [4.69, 9.17) is 5.73 Å². The number of alkyl halides is 3. The van der Waals surface area contributed by atoms with E-state index < -0.39 is 23.0 Å². The summed E-state index contributed by atoms with van der Waals surface area (Å²) in [6.07, 6.45) is -3.55. The van der Waals surface area contributed by atoms with Gasteiger partial charge < -0.3 is 5.73 Å². The molecule has 0 unspecified atom stereocenters. The molecule has 2 nitrogen and oxygen atoms in total. The zero-order valence-corrected chi connectivity index (χ0v) is 9.35. The van der Waals surface area contributed by atoms with E-state index in [1.54, 1.807) is 0 Å². The molecule has 1 fully saturated rings. The fourth-order valence-electron chi connectivity index (χ4n) is 1.87. The number of hydrogen-bond donors (Lipinski definition) is 1. The molecule has 0 bridgehead atoms. The lowest BCUT2D eigenvalue weighted by molar-refractivity contribution is -0.140. The van der Waals surface area contributed by atoms with Gasteiger partial charge in [0.2, 0.25) is 0 Å². The van der Waals surface area contributed by atoms with Crippen LogP contribution >= 0.6 is 0 Å². The molecule has 0 atom stereocenters. The highest BCUT2D eigenvalue weighted by Crippen LogP contribution is 2.47. The topological polar surface area (TPSA) is 43.1 Å². The summed E-state index contributed by atoms with van der Waals surface area (Å²) in [5.74, 6) is -1.81. The van der Waals surface area contributed by atoms with Crippen LogP contribution in [0.1, 0.15) is 28.8 Å². The normalized spacial score (nSPS) is 17.6. The molecule has 0 aliphatic heterocycles. The lowest BCUT2D eigenvalue weighted by Gasteiger charge is -2.13.